The lowest BCUT2D eigenvalue weighted by atomic mass is 9.99. The van der Waals surface area contributed by atoms with Gasteiger partial charge in [-0.3, -0.25) is 0 Å². The highest BCUT2D eigenvalue weighted by molar-refractivity contribution is 5.39. The number of nitrogens with one attached hydrogen (secondary N) is 2. The molecule has 21 heavy (non-hydrogen) atoms. The average Bonchev–Trinajstić information content (AvgIpc) is 2.92. The third kappa shape index (κ3) is 3.63. The van der Waals surface area contributed by atoms with Crippen LogP contribution in [0.3, 0.4) is 0 Å². The van der Waals surface area contributed by atoms with Gasteiger partial charge in [0.2, 0.25) is 11.9 Å². The highest BCUT2D eigenvalue weighted by atomic mass is 16.3. The van der Waals surface area contributed by atoms with Crippen molar-refractivity contribution in [2.75, 3.05) is 17.2 Å². The van der Waals surface area contributed by atoms with Gasteiger partial charge in [-0.2, -0.15) is 24.7 Å². The van der Waals surface area contributed by atoms with Gasteiger partial charge in [-0.15, -0.1) is 0 Å². The fraction of sp³-hybridized carbons (Fsp3) is 0.583. The Balaban J connectivity index is 2.36. The van der Waals surface area contributed by atoms with Gasteiger partial charge in [0.15, 0.2) is 0 Å². The van der Waals surface area contributed by atoms with Crippen LogP contribution < -0.4 is 10.6 Å². The van der Waals surface area contributed by atoms with Gasteiger partial charge in [0.05, 0.1) is 11.6 Å². The van der Waals surface area contributed by atoms with E-state index in [2.05, 4.69) is 35.7 Å². The summed E-state index contributed by atoms with van der Waals surface area (Å²) >= 11 is 0. The molecule has 3 N–H and O–H groups in total. The maximum atomic E-state index is 9.79. The number of hydrogen-bond acceptors (Lipinski definition) is 8. The summed E-state index contributed by atoms with van der Waals surface area (Å²) in [6, 6.07) is 0. The molecule has 1 atom stereocenters. The zero-order chi connectivity index (χ0) is 15.5. The number of aromatic nitrogens is 6. The maximum Gasteiger partial charge on any atom is 0.258 e. The summed E-state index contributed by atoms with van der Waals surface area (Å²) in [6.07, 6.45) is 2.34. The molecule has 1 unspecified atom stereocenters. The van der Waals surface area contributed by atoms with Crippen LogP contribution in [0.25, 0.3) is 5.95 Å². The predicted octanol–water partition coefficient (Wildman–Crippen LogP) is 0.455. The molecule has 2 rings (SSSR count). The molecule has 0 saturated carbocycles. The monoisotopic (exact) mass is 292 g/mol. The Kier molecular flexibility index (Phi) is 4.32. The van der Waals surface area contributed by atoms with Gasteiger partial charge in [0.1, 0.15) is 12.7 Å². The summed E-state index contributed by atoms with van der Waals surface area (Å²) in [5, 5.41) is 19.9. The van der Waals surface area contributed by atoms with Crippen LogP contribution in [0.5, 0.6) is 0 Å². The normalized spacial score (nSPS) is 13.0. The first-order chi connectivity index (χ1) is 9.92. The Morgan fingerprint density at radius 1 is 1.29 bits per heavy atom. The number of anilines is 2. The zero-order valence-electron chi connectivity index (χ0n) is 12.6. The molecule has 0 aliphatic rings. The lowest BCUT2D eigenvalue weighted by molar-refractivity contribution is 0.132. The molecule has 0 fully saturated rings. The van der Waals surface area contributed by atoms with Crippen LogP contribution in [0, 0.1) is 0 Å². The van der Waals surface area contributed by atoms with Gasteiger partial charge in [-0.1, -0.05) is 0 Å². The van der Waals surface area contributed by atoms with Crippen LogP contribution in [0.1, 0.15) is 27.7 Å². The third-order valence-corrected chi connectivity index (χ3v) is 3.06. The minimum absolute atomic E-state index is 0.349. The topological polar surface area (TPSA) is 114 Å². The number of nitrogens with zero attached hydrogens (tertiary/aromatic N) is 6. The molecule has 2 aromatic rings. The van der Waals surface area contributed by atoms with Gasteiger partial charge in [-0.25, -0.2) is 4.98 Å². The quantitative estimate of drug-likeness (QED) is 0.703. The molecule has 114 valence electrons. The van der Waals surface area contributed by atoms with E-state index in [9.17, 15) is 5.11 Å². The molecule has 2 heterocycles. The fourth-order valence-corrected chi connectivity index (χ4v) is 1.46. The van der Waals surface area contributed by atoms with Gasteiger partial charge in [-0.05, 0) is 27.7 Å². The van der Waals surface area contributed by atoms with E-state index in [1.54, 1.807) is 6.92 Å². The van der Waals surface area contributed by atoms with Crippen molar-refractivity contribution in [2.24, 2.45) is 0 Å². The molecule has 0 aliphatic heterocycles. The van der Waals surface area contributed by atoms with Gasteiger partial charge < -0.3 is 15.7 Å². The summed E-state index contributed by atoms with van der Waals surface area (Å²) < 4.78 is 1.45. The van der Waals surface area contributed by atoms with Crippen LogP contribution in [0.4, 0.5) is 11.9 Å². The Morgan fingerprint density at radius 2 is 2.00 bits per heavy atom. The van der Waals surface area contributed by atoms with E-state index < -0.39 is 11.6 Å². The second-order valence-corrected chi connectivity index (χ2v) is 5.18. The van der Waals surface area contributed by atoms with Crippen molar-refractivity contribution in [3.8, 4) is 5.95 Å². The Hall–Kier alpha value is -2.29. The van der Waals surface area contributed by atoms with Crippen LogP contribution in [0.2, 0.25) is 0 Å². The van der Waals surface area contributed by atoms with E-state index in [1.165, 1.54) is 17.3 Å². The first-order valence-corrected chi connectivity index (χ1v) is 6.73. The largest absolute Gasteiger partial charge is 0.391 e. The smallest absolute Gasteiger partial charge is 0.258 e. The van der Waals surface area contributed by atoms with Crippen LogP contribution in [-0.2, 0) is 0 Å². The van der Waals surface area contributed by atoms with Crippen molar-refractivity contribution in [3.05, 3.63) is 12.7 Å². The van der Waals surface area contributed by atoms with Gasteiger partial charge in [0.25, 0.3) is 5.95 Å². The third-order valence-electron chi connectivity index (χ3n) is 3.06. The van der Waals surface area contributed by atoms with E-state index in [-0.39, 0.29) is 0 Å². The van der Waals surface area contributed by atoms with Crippen LogP contribution in [0.15, 0.2) is 12.7 Å². The lowest BCUT2D eigenvalue weighted by Gasteiger charge is -2.29. The minimum atomic E-state index is -0.579. The molecule has 0 bridgehead atoms. The molecular formula is C12H20N8O. The SMILES string of the molecule is CCNc1nc(NC(C)(C)C(C)O)nc(-n2cncn2)n1. The minimum Gasteiger partial charge on any atom is -0.391 e. The lowest BCUT2D eigenvalue weighted by Crippen LogP contribution is -2.42. The molecule has 0 amide bonds. The molecule has 0 aliphatic carbocycles. The van der Waals surface area contributed by atoms with Crippen molar-refractivity contribution in [3.63, 3.8) is 0 Å². The molecule has 9 heteroatoms. The van der Waals surface area contributed by atoms with Crippen molar-refractivity contribution < 1.29 is 5.11 Å². The second-order valence-electron chi connectivity index (χ2n) is 5.18. The zero-order valence-corrected chi connectivity index (χ0v) is 12.6. The number of aliphatic hydroxyl groups is 1. The summed E-state index contributed by atoms with van der Waals surface area (Å²) in [5.41, 5.74) is -0.579. The standard InChI is InChI=1S/C12H20N8O/c1-5-14-9-16-10(19-12(3,4)8(2)21)18-11(17-9)20-7-13-6-15-20/h6-8,21H,5H2,1-4H3,(H2,14,16,17,18,19). The van der Waals surface area contributed by atoms with Gasteiger partial charge >= 0.3 is 0 Å². The average molecular weight is 292 g/mol. The summed E-state index contributed by atoms with van der Waals surface area (Å²) in [6.45, 7) is 8.07. The summed E-state index contributed by atoms with van der Waals surface area (Å²) in [5.74, 6) is 1.14. The van der Waals surface area contributed by atoms with Crippen molar-refractivity contribution >= 4 is 11.9 Å². The maximum absolute atomic E-state index is 9.79. The molecule has 9 nitrogen and oxygen atoms in total. The summed E-state index contributed by atoms with van der Waals surface area (Å²) in [4.78, 5) is 16.7. The second kappa shape index (κ2) is 6.00. The van der Waals surface area contributed by atoms with Crippen molar-refractivity contribution in [1.29, 1.82) is 0 Å². The first-order valence-electron chi connectivity index (χ1n) is 6.73. The molecule has 0 spiro atoms. The van der Waals surface area contributed by atoms with Crippen LogP contribution in [-0.4, -0.2) is 53.0 Å². The molecule has 0 radical (unpaired) electrons. The number of aliphatic hydroxyl groups excluding tert-OH is 1. The van der Waals surface area contributed by atoms with Gasteiger partial charge in [0, 0.05) is 6.54 Å². The van der Waals surface area contributed by atoms with E-state index >= 15 is 0 Å². The van der Waals surface area contributed by atoms with E-state index in [0.29, 0.717) is 24.4 Å². The molecule has 0 saturated heterocycles. The highest BCUT2D eigenvalue weighted by Crippen LogP contribution is 2.17. The highest BCUT2D eigenvalue weighted by Gasteiger charge is 2.25. The Labute approximate surface area is 122 Å². The van der Waals surface area contributed by atoms with Crippen molar-refractivity contribution in [2.45, 2.75) is 39.3 Å². The molecule has 2 aromatic heterocycles. The Morgan fingerprint density at radius 3 is 2.57 bits per heavy atom. The summed E-state index contributed by atoms with van der Waals surface area (Å²) in [7, 11) is 0. The molecule has 0 aromatic carbocycles. The van der Waals surface area contributed by atoms with Crippen LogP contribution >= 0.6 is 0 Å². The predicted molar refractivity (Wildman–Crippen MR) is 78.3 cm³/mol. The Bertz CT molecular complexity index is 581. The van der Waals surface area contributed by atoms with E-state index in [1.807, 2.05) is 20.8 Å². The fourth-order valence-electron chi connectivity index (χ4n) is 1.46. The number of hydrogen-bond donors (Lipinski definition) is 3. The van der Waals surface area contributed by atoms with E-state index in [0.717, 1.165) is 0 Å². The van der Waals surface area contributed by atoms with E-state index in [4.69, 9.17) is 0 Å². The number of rotatable bonds is 6. The first kappa shape index (κ1) is 15.1. The van der Waals surface area contributed by atoms with Crippen molar-refractivity contribution in [1.82, 2.24) is 29.7 Å². The molecular weight excluding hydrogens is 272 g/mol.